The maximum Gasteiger partial charge on any atom is 0.337 e. The summed E-state index contributed by atoms with van der Waals surface area (Å²) in [7, 11) is 0. The zero-order valence-corrected chi connectivity index (χ0v) is 15.1. The molecule has 1 aromatic rings. The SMILES string of the molecule is CC1=C(N)C(c2ccccc2C)C(C(=O)OC(C)C)=C(C)N1.Cl. The molecule has 0 aromatic heterocycles. The smallest absolute Gasteiger partial charge is 0.337 e. The average Bonchev–Trinajstić information content (AvgIpc) is 2.42. The van der Waals surface area contributed by atoms with Gasteiger partial charge in [0, 0.05) is 17.1 Å². The van der Waals surface area contributed by atoms with Gasteiger partial charge in [0.25, 0.3) is 0 Å². The van der Waals surface area contributed by atoms with Crippen LogP contribution in [0.4, 0.5) is 0 Å². The van der Waals surface area contributed by atoms with Crippen LogP contribution >= 0.6 is 12.4 Å². The molecule has 0 spiro atoms. The van der Waals surface area contributed by atoms with Crippen LogP contribution in [0.1, 0.15) is 44.7 Å². The number of hydrogen-bond donors (Lipinski definition) is 2. The molecule has 0 radical (unpaired) electrons. The summed E-state index contributed by atoms with van der Waals surface area (Å²) in [6.45, 7) is 9.53. The van der Waals surface area contributed by atoms with Crippen LogP contribution in [-0.2, 0) is 9.53 Å². The molecule has 2 rings (SSSR count). The molecule has 1 unspecified atom stereocenters. The van der Waals surface area contributed by atoms with Gasteiger partial charge < -0.3 is 15.8 Å². The predicted octanol–water partition coefficient (Wildman–Crippen LogP) is 3.52. The zero-order chi connectivity index (χ0) is 16.4. The van der Waals surface area contributed by atoms with E-state index in [9.17, 15) is 4.79 Å². The molecule has 1 aliphatic rings. The molecule has 1 atom stereocenters. The van der Waals surface area contributed by atoms with E-state index in [2.05, 4.69) is 5.32 Å². The number of benzene rings is 1. The summed E-state index contributed by atoms with van der Waals surface area (Å²) in [6, 6.07) is 7.99. The lowest BCUT2D eigenvalue weighted by Gasteiger charge is -2.30. The van der Waals surface area contributed by atoms with Crippen LogP contribution in [0.15, 0.2) is 46.9 Å². The van der Waals surface area contributed by atoms with E-state index in [-0.39, 0.29) is 30.4 Å². The van der Waals surface area contributed by atoms with Crippen LogP contribution in [0, 0.1) is 6.92 Å². The maximum absolute atomic E-state index is 12.6. The van der Waals surface area contributed by atoms with Gasteiger partial charge in [-0.15, -0.1) is 12.4 Å². The predicted molar refractivity (Wildman–Crippen MR) is 95.1 cm³/mol. The molecule has 0 fully saturated rings. The third-order valence-corrected chi connectivity index (χ3v) is 3.87. The highest BCUT2D eigenvalue weighted by molar-refractivity contribution is 5.92. The summed E-state index contributed by atoms with van der Waals surface area (Å²) in [6.07, 6.45) is -0.168. The summed E-state index contributed by atoms with van der Waals surface area (Å²) in [5.74, 6) is -0.586. The van der Waals surface area contributed by atoms with Crippen LogP contribution in [0.3, 0.4) is 0 Å². The van der Waals surface area contributed by atoms with Crippen LogP contribution in [0.2, 0.25) is 0 Å². The van der Waals surface area contributed by atoms with Crippen molar-refractivity contribution >= 4 is 18.4 Å². The minimum atomic E-state index is -0.316. The minimum absolute atomic E-state index is 0. The summed E-state index contributed by atoms with van der Waals surface area (Å²) in [5.41, 5.74) is 11.4. The third-order valence-electron chi connectivity index (χ3n) is 3.87. The van der Waals surface area contributed by atoms with Crippen molar-refractivity contribution in [1.82, 2.24) is 5.32 Å². The topological polar surface area (TPSA) is 64.4 Å². The Hall–Kier alpha value is -1.94. The highest BCUT2D eigenvalue weighted by Crippen LogP contribution is 2.37. The Morgan fingerprint density at radius 2 is 1.78 bits per heavy atom. The lowest BCUT2D eigenvalue weighted by atomic mass is 9.82. The summed E-state index contributed by atoms with van der Waals surface area (Å²) in [5, 5.41) is 3.19. The number of halogens is 1. The average molecular weight is 337 g/mol. The first-order valence-electron chi connectivity index (χ1n) is 7.53. The first-order chi connectivity index (χ1) is 10.3. The van der Waals surface area contributed by atoms with Crippen LogP contribution in [-0.4, -0.2) is 12.1 Å². The molecule has 126 valence electrons. The van der Waals surface area contributed by atoms with Gasteiger partial charge in [0.05, 0.1) is 17.6 Å². The fraction of sp³-hybridized carbons (Fsp3) is 0.389. The van der Waals surface area contributed by atoms with Crippen molar-refractivity contribution in [2.45, 2.75) is 46.6 Å². The third kappa shape index (κ3) is 3.88. The highest BCUT2D eigenvalue weighted by atomic mass is 35.5. The molecule has 23 heavy (non-hydrogen) atoms. The lowest BCUT2D eigenvalue weighted by Crippen LogP contribution is -2.32. The van der Waals surface area contributed by atoms with Gasteiger partial charge in [0.2, 0.25) is 0 Å². The lowest BCUT2D eigenvalue weighted by molar-refractivity contribution is -0.143. The first kappa shape index (κ1) is 19.1. The number of hydrogen-bond acceptors (Lipinski definition) is 4. The Morgan fingerprint density at radius 3 is 2.35 bits per heavy atom. The number of carbonyl (C=O) groups excluding carboxylic acids is 1. The van der Waals surface area contributed by atoms with Crippen molar-refractivity contribution in [3.63, 3.8) is 0 Å². The molecule has 3 N–H and O–H groups in total. The first-order valence-corrected chi connectivity index (χ1v) is 7.53. The normalized spacial score (nSPS) is 17.7. The van der Waals surface area contributed by atoms with Gasteiger partial charge in [-0.3, -0.25) is 0 Å². The Labute approximate surface area is 144 Å². The van der Waals surface area contributed by atoms with E-state index in [4.69, 9.17) is 10.5 Å². The largest absolute Gasteiger partial charge is 0.460 e. The molecular formula is C18H25ClN2O2. The quantitative estimate of drug-likeness (QED) is 0.829. The van der Waals surface area contributed by atoms with Crippen molar-refractivity contribution < 1.29 is 9.53 Å². The van der Waals surface area contributed by atoms with Crippen molar-refractivity contribution in [2.75, 3.05) is 0 Å². The van der Waals surface area contributed by atoms with E-state index < -0.39 is 0 Å². The van der Waals surface area contributed by atoms with Crippen LogP contribution in [0.25, 0.3) is 0 Å². The Kier molecular flexibility index (Phi) is 6.28. The van der Waals surface area contributed by atoms with E-state index in [0.29, 0.717) is 11.3 Å². The summed E-state index contributed by atoms with van der Waals surface area (Å²) < 4.78 is 5.42. The molecule has 0 saturated carbocycles. The van der Waals surface area contributed by atoms with Gasteiger partial charge in [-0.25, -0.2) is 4.79 Å². The molecule has 1 aromatic carbocycles. The molecule has 1 heterocycles. The number of esters is 1. The second-order valence-corrected chi connectivity index (χ2v) is 5.99. The Balaban J connectivity index is 0.00000264. The van der Waals surface area contributed by atoms with Gasteiger partial charge in [0.1, 0.15) is 0 Å². The maximum atomic E-state index is 12.6. The number of aryl methyl sites for hydroxylation is 1. The molecular weight excluding hydrogens is 312 g/mol. The standard InChI is InChI=1S/C18H24N2O2.ClH/c1-10(2)22-18(21)15-12(4)20-13(5)17(19)16(15)14-9-7-6-8-11(14)3;/h6-10,16,20H,19H2,1-5H3;1H. The molecule has 4 nitrogen and oxygen atoms in total. The zero-order valence-electron chi connectivity index (χ0n) is 14.3. The minimum Gasteiger partial charge on any atom is -0.460 e. The van der Waals surface area contributed by atoms with Gasteiger partial charge in [0.15, 0.2) is 0 Å². The Morgan fingerprint density at radius 1 is 1.17 bits per heavy atom. The molecule has 0 aliphatic carbocycles. The van der Waals surface area contributed by atoms with Gasteiger partial charge in [-0.05, 0) is 45.7 Å². The molecule has 5 heteroatoms. The second-order valence-electron chi connectivity index (χ2n) is 5.99. The highest BCUT2D eigenvalue weighted by Gasteiger charge is 2.33. The molecule has 0 amide bonds. The Bertz CT molecular complexity index is 663. The fourth-order valence-electron chi connectivity index (χ4n) is 2.79. The van der Waals surface area contributed by atoms with E-state index >= 15 is 0 Å². The van der Waals surface area contributed by atoms with E-state index in [1.54, 1.807) is 0 Å². The molecule has 0 saturated heterocycles. The van der Waals surface area contributed by atoms with Crippen molar-refractivity contribution in [2.24, 2.45) is 5.73 Å². The number of ether oxygens (including phenoxy) is 1. The second kappa shape index (κ2) is 7.55. The van der Waals surface area contributed by atoms with E-state index in [1.165, 1.54) is 0 Å². The number of carbonyl (C=O) groups is 1. The monoisotopic (exact) mass is 336 g/mol. The molecule has 0 bridgehead atoms. The van der Waals surface area contributed by atoms with Crippen LogP contribution < -0.4 is 11.1 Å². The van der Waals surface area contributed by atoms with Crippen LogP contribution in [0.5, 0.6) is 0 Å². The van der Waals surface area contributed by atoms with E-state index in [0.717, 1.165) is 22.5 Å². The summed E-state index contributed by atoms with van der Waals surface area (Å²) in [4.78, 5) is 12.6. The van der Waals surface area contributed by atoms with Gasteiger partial charge >= 0.3 is 5.97 Å². The van der Waals surface area contributed by atoms with Gasteiger partial charge in [-0.1, -0.05) is 24.3 Å². The number of dihydropyridines is 1. The number of nitrogens with one attached hydrogen (secondary N) is 1. The fourth-order valence-corrected chi connectivity index (χ4v) is 2.79. The number of nitrogens with two attached hydrogens (primary N) is 1. The van der Waals surface area contributed by atoms with Crippen molar-refractivity contribution in [1.29, 1.82) is 0 Å². The van der Waals surface area contributed by atoms with Crippen molar-refractivity contribution in [3.05, 3.63) is 58.1 Å². The number of allylic oxidation sites excluding steroid dienone is 3. The summed E-state index contributed by atoms with van der Waals surface area (Å²) >= 11 is 0. The van der Waals surface area contributed by atoms with Crippen molar-refractivity contribution in [3.8, 4) is 0 Å². The van der Waals surface area contributed by atoms with Gasteiger partial charge in [-0.2, -0.15) is 0 Å². The molecule has 1 aliphatic heterocycles. The number of rotatable bonds is 3. The van der Waals surface area contributed by atoms with E-state index in [1.807, 2.05) is 58.9 Å².